The van der Waals surface area contributed by atoms with Gasteiger partial charge < -0.3 is 10.6 Å². The van der Waals surface area contributed by atoms with Gasteiger partial charge in [-0.25, -0.2) is 0 Å². The number of carbonyl (C=O) groups is 1. The number of aryl methyl sites for hydroxylation is 1. The lowest BCUT2D eigenvalue weighted by Crippen LogP contribution is -2.18. The molecule has 0 atom stereocenters. The average Bonchev–Trinajstić information content (AvgIpc) is 2.64. The maximum absolute atomic E-state index is 11.4. The molecule has 1 heterocycles. The first-order chi connectivity index (χ1) is 12.0. The number of benzene rings is 2. The van der Waals surface area contributed by atoms with Crippen LogP contribution in [0.5, 0.6) is 0 Å². The molecular weight excluding hydrogens is 310 g/mol. The number of aromatic nitrogens is 1. The van der Waals surface area contributed by atoms with E-state index in [-0.39, 0.29) is 0 Å². The molecule has 0 aliphatic heterocycles. The molecule has 2 aromatic carbocycles. The summed E-state index contributed by atoms with van der Waals surface area (Å²) in [4.78, 5) is 17.9. The number of hydrogen-bond donors (Lipinski definition) is 1. The van der Waals surface area contributed by atoms with Gasteiger partial charge in [-0.05, 0) is 41.8 Å². The summed E-state index contributed by atoms with van der Waals surface area (Å²) in [6.45, 7) is 2.71. The Morgan fingerprint density at radius 1 is 1.04 bits per heavy atom. The summed E-state index contributed by atoms with van der Waals surface area (Å²) < 4.78 is 0. The Morgan fingerprint density at radius 3 is 2.52 bits per heavy atom. The maximum atomic E-state index is 11.4. The number of pyridine rings is 1. The van der Waals surface area contributed by atoms with E-state index in [0.717, 1.165) is 27.9 Å². The molecule has 0 saturated heterocycles. The largest absolute Gasteiger partial charge is 0.369 e. The Morgan fingerprint density at radius 2 is 1.80 bits per heavy atom. The number of nitrogens with zero attached hydrogens (tertiary/aromatic N) is 2. The van der Waals surface area contributed by atoms with E-state index >= 15 is 0 Å². The van der Waals surface area contributed by atoms with Crippen LogP contribution in [-0.2, 0) is 6.54 Å². The average molecular weight is 331 g/mol. The molecule has 25 heavy (non-hydrogen) atoms. The Labute approximate surface area is 147 Å². The topological polar surface area (TPSA) is 59.2 Å². The van der Waals surface area contributed by atoms with Crippen LogP contribution in [0.25, 0.3) is 11.1 Å². The predicted octanol–water partition coefficient (Wildman–Crippen LogP) is 3.79. The molecule has 0 unspecified atom stereocenters. The van der Waals surface area contributed by atoms with Gasteiger partial charge in [0.15, 0.2) is 0 Å². The van der Waals surface area contributed by atoms with Crippen molar-refractivity contribution in [2.75, 3.05) is 11.9 Å². The van der Waals surface area contributed by atoms with E-state index in [1.807, 2.05) is 56.7 Å². The molecule has 0 radical (unpaired) electrons. The van der Waals surface area contributed by atoms with Crippen molar-refractivity contribution in [2.24, 2.45) is 5.73 Å². The second kappa shape index (κ2) is 7.18. The lowest BCUT2D eigenvalue weighted by molar-refractivity contribution is 0.1000. The fourth-order valence-electron chi connectivity index (χ4n) is 2.77. The number of rotatable bonds is 5. The van der Waals surface area contributed by atoms with Crippen molar-refractivity contribution >= 4 is 11.6 Å². The zero-order chi connectivity index (χ0) is 17.8. The zero-order valence-electron chi connectivity index (χ0n) is 14.4. The van der Waals surface area contributed by atoms with Crippen LogP contribution in [0, 0.1) is 6.92 Å². The number of anilines is 1. The van der Waals surface area contributed by atoms with E-state index < -0.39 is 5.91 Å². The van der Waals surface area contributed by atoms with E-state index in [1.165, 1.54) is 0 Å². The first-order valence-corrected chi connectivity index (χ1v) is 8.15. The van der Waals surface area contributed by atoms with Crippen molar-refractivity contribution in [1.82, 2.24) is 4.98 Å². The van der Waals surface area contributed by atoms with Crippen molar-refractivity contribution in [3.63, 3.8) is 0 Å². The molecule has 0 bridgehead atoms. The van der Waals surface area contributed by atoms with Crippen LogP contribution in [0.2, 0.25) is 0 Å². The molecule has 0 saturated carbocycles. The van der Waals surface area contributed by atoms with Gasteiger partial charge in [0.2, 0.25) is 5.91 Å². The first-order valence-electron chi connectivity index (χ1n) is 8.15. The molecule has 126 valence electrons. The van der Waals surface area contributed by atoms with Crippen molar-refractivity contribution in [2.45, 2.75) is 13.5 Å². The van der Waals surface area contributed by atoms with Crippen LogP contribution in [-0.4, -0.2) is 17.9 Å². The fraction of sp³-hybridized carbons (Fsp3) is 0.143. The highest BCUT2D eigenvalue weighted by atomic mass is 16.1. The Bertz CT molecular complexity index is 891. The molecule has 2 N–H and O–H groups in total. The molecule has 0 fully saturated rings. The van der Waals surface area contributed by atoms with Gasteiger partial charge in [0.1, 0.15) is 0 Å². The molecule has 1 amide bonds. The molecule has 4 heteroatoms. The molecule has 4 nitrogen and oxygen atoms in total. The summed E-state index contributed by atoms with van der Waals surface area (Å²) in [5.74, 6) is -0.406. The van der Waals surface area contributed by atoms with E-state index in [9.17, 15) is 4.79 Å². The minimum absolute atomic E-state index is 0.406. The van der Waals surface area contributed by atoms with Crippen molar-refractivity contribution in [3.8, 4) is 11.1 Å². The number of carbonyl (C=O) groups excluding carboxylic acids is 1. The summed E-state index contributed by atoms with van der Waals surface area (Å²) >= 11 is 0. The third-order valence-corrected chi connectivity index (χ3v) is 4.31. The van der Waals surface area contributed by atoms with Crippen LogP contribution in [0.15, 0.2) is 67.0 Å². The Kier molecular flexibility index (Phi) is 4.80. The van der Waals surface area contributed by atoms with Gasteiger partial charge in [0, 0.05) is 30.9 Å². The monoisotopic (exact) mass is 331 g/mol. The normalized spacial score (nSPS) is 10.5. The van der Waals surface area contributed by atoms with Gasteiger partial charge in [-0.3, -0.25) is 9.78 Å². The Hall–Kier alpha value is -3.14. The van der Waals surface area contributed by atoms with Crippen LogP contribution in [0.3, 0.4) is 0 Å². The zero-order valence-corrected chi connectivity index (χ0v) is 14.4. The highest BCUT2D eigenvalue weighted by molar-refractivity contribution is 5.93. The highest BCUT2D eigenvalue weighted by Gasteiger charge is 2.09. The standard InChI is InChI=1S/C21H21N3O/c1-15-8-9-17(21(22)25)10-19(15)14-24(2)20-11-18(12-23-13-20)16-6-4-3-5-7-16/h3-13H,14H2,1-2H3,(H2,22,25). The molecule has 1 aromatic heterocycles. The molecule has 0 spiro atoms. The van der Waals surface area contributed by atoms with Gasteiger partial charge in [0.05, 0.1) is 11.9 Å². The van der Waals surface area contributed by atoms with Gasteiger partial charge in [-0.15, -0.1) is 0 Å². The number of primary amides is 1. The minimum atomic E-state index is -0.406. The fourth-order valence-corrected chi connectivity index (χ4v) is 2.77. The molecule has 0 aliphatic rings. The van der Waals surface area contributed by atoms with Crippen molar-refractivity contribution in [1.29, 1.82) is 0 Å². The van der Waals surface area contributed by atoms with Crippen molar-refractivity contribution in [3.05, 3.63) is 83.7 Å². The number of hydrogen-bond acceptors (Lipinski definition) is 3. The molecule has 3 aromatic rings. The summed E-state index contributed by atoms with van der Waals surface area (Å²) in [5, 5.41) is 0. The lowest BCUT2D eigenvalue weighted by Gasteiger charge is -2.21. The summed E-state index contributed by atoms with van der Waals surface area (Å²) in [7, 11) is 2.02. The summed E-state index contributed by atoms with van der Waals surface area (Å²) in [5.41, 5.74) is 11.4. The molecule has 3 rings (SSSR count). The quantitative estimate of drug-likeness (QED) is 0.774. The van der Waals surface area contributed by atoms with E-state index in [2.05, 4.69) is 28.1 Å². The maximum Gasteiger partial charge on any atom is 0.248 e. The second-order valence-corrected chi connectivity index (χ2v) is 6.16. The highest BCUT2D eigenvalue weighted by Crippen LogP contribution is 2.24. The Balaban J connectivity index is 1.86. The number of amides is 1. The van der Waals surface area contributed by atoms with Crippen LogP contribution >= 0.6 is 0 Å². The van der Waals surface area contributed by atoms with Gasteiger partial charge in [0.25, 0.3) is 0 Å². The van der Waals surface area contributed by atoms with Crippen molar-refractivity contribution < 1.29 is 4.79 Å². The minimum Gasteiger partial charge on any atom is -0.369 e. The summed E-state index contributed by atoms with van der Waals surface area (Å²) in [6, 6.07) is 17.9. The third kappa shape index (κ3) is 3.86. The molecular formula is C21H21N3O. The predicted molar refractivity (Wildman–Crippen MR) is 101 cm³/mol. The van der Waals surface area contributed by atoms with E-state index in [0.29, 0.717) is 12.1 Å². The lowest BCUT2D eigenvalue weighted by atomic mass is 10.0. The summed E-state index contributed by atoms with van der Waals surface area (Å²) in [6.07, 6.45) is 3.71. The SMILES string of the molecule is Cc1ccc(C(N)=O)cc1CN(C)c1cncc(-c2ccccc2)c1. The van der Waals surface area contributed by atoms with Crippen LogP contribution < -0.4 is 10.6 Å². The first kappa shape index (κ1) is 16.7. The van der Waals surface area contributed by atoms with Gasteiger partial charge in [-0.1, -0.05) is 36.4 Å². The van der Waals surface area contributed by atoms with E-state index in [4.69, 9.17) is 5.73 Å². The van der Waals surface area contributed by atoms with Gasteiger partial charge >= 0.3 is 0 Å². The third-order valence-electron chi connectivity index (χ3n) is 4.31. The van der Waals surface area contributed by atoms with E-state index in [1.54, 1.807) is 6.07 Å². The van der Waals surface area contributed by atoms with Crippen LogP contribution in [0.1, 0.15) is 21.5 Å². The van der Waals surface area contributed by atoms with Gasteiger partial charge in [-0.2, -0.15) is 0 Å². The smallest absolute Gasteiger partial charge is 0.248 e. The second-order valence-electron chi connectivity index (χ2n) is 6.16. The van der Waals surface area contributed by atoms with Crippen LogP contribution in [0.4, 0.5) is 5.69 Å². The molecule has 0 aliphatic carbocycles. The number of nitrogens with two attached hydrogens (primary N) is 1.